The minimum Gasteiger partial charge on any atom is -0.299 e. The predicted molar refractivity (Wildman–Crippen MR) is 51.2 cm³/mol. The summed E-state index contributed by atoms with van der Waals surface area (Å²) in [5, 5.41) is 0. The molecule has 0 aromatic heterocycles. The molecule has 3 unspecified atom stereocenters. The molecule has 0 radical (unpaired) electrons. The lowest BCUT2D eigenvalue weighted by molar-refractivity contribution is -0.124. The fourth-order valence-electron chi connectivity index (χ4n) is 4.38. The number of carbonyl (C=O) groups excluding carboxylic acids is 1. The van der Waals surface area contributed by atoms with Gasteiger partial charge in [0, 0.05) is 6.42 Å². The van der Waals surface area contributed by atoms with Crippen LogP contribution in [0.3, 0.4) is 0 Å². The number of hydrogen-bond acceptors (Lipinski definition) is 1. The first-order chi connectivity index (χ1) is 5.97. The molecule has 3 rings (SSSR count). The number of carbonyl (C=O) groups is 1. The van der Waals surface area contributed by atoms with Crippen LogP contribution in [0.15, 0.2) is 12.2 Å². The van der Waals surface area contributed by atoms with E-state index in [4.69, 9.17) is 0 Å². The van der Waals surface area contributed by atoms with Gasteiger partial charge < -0.3 is 0 Å². The maximum Gasteiger partial charge on any atom is 0.143 e. The van der Waals surface area contributed by atoms with Crippen molar-refractivity contribution in [2.75, 3.05) is 0 Å². The molecule has 13 heavy (non-hydrogen) atoms. The van der Waals surface area contributed by atoms with Gasteiger partial charge in [0.1, 0.15) is 5.78 Å². The van der Waals surface area contributed by atoms with E-state index in [1.165, 1.54) is 0 Å². The summed E-state index contributed by atoms with van der Waals surface area (Å²) in [5.41, 5.74) is 0.584. The Kier molecular flexibility index (Phi) is 0.985. The van der Waals surface area contributed by atoms with E-state index in [-0.39, 0.29) is 5.41 Å². The van der Waals surface area contributed by atoms with E-state index in [1.54, 1.807) is 0 Å². The van der Waals surface area contributed by atoms with Gasteiger partial charge in [-0.05, 0) is 30.1 Å². The van der Waals surface area contributed by atoms with Crippen LogP contribution < -0.4 is 0 Å². The molecule has 0 N–H and O–H groups in total. The van der Waals surface area contributed by atoms with Crippen LogP contribution in [0.4, 0.5) is 0 Å². The Bertz CT molecular complexity index is 339. The van der Waals surface area contributed by atoms with Gasteiger partial charge in [0.2, 0.25) is 0 Å². The number of hydrogen-bond donors (Lipinski definition) is 0. The Morgan fingerprint density at radius 2 is 2.08 bits per heavy atom. The summed E-state index contributed by atoms with van der Waals surface area (Å²) in [6.45, 7) is 6.78. The van der Waals surface area contributed by atoms with Gasteiger partial charge in [0.25, 0.3) is 0 Å². The van der Waals surface area contributed by atoms with Gasteiger partial charge in [-0.3, -0.25) is 4.79 Å². The molecular weight excluding hydrogens is 160 g/mol. The average molecular weight is 176 g/mol. The second-order valence-corrected chi connectivity index (χ2v) is 5.66. The largest absolute Gasteiger partial charge is 0.299 e. The fraction of sp³-hybridized carbons (Fsp3) is 0.750. The van der Waals surface area contributed by atoms with Crippen LogP contribution in [0.5, 0.6) is 0 Å². The molecule has 0 bridgehead atoms. The maximum atomic E-state index is 11.8. The van der Waals surface area contributed by atoms with Crippen LogP contribution in [-0.2, 0) is 4.79 Å². The summed E-state index contributed by atoms with van der Waals surface area (Å²) in [6, 6.07) is 0. The second kappa shape index (κ2) is 1.65. The van der Waals surface area contributed by atoms with Crippen molar-refractivity contribution in [2.45, 2.75) is 33.6 Å². The van der Waals surface area contributed by atoms with Crippen molar-refractivity contribution in [3.63, 3.8) is 0 Å². The molecule has 3 aliphatic rings. The molecule has 2 saturated carbocycles. The first-order valence-corrected chi connectivity index (χ1v) is 5.19. The maximum absolute atomic E-state index is 11.8. The SMILES string of the molecule is CC12C=CC3C(C)(C)C31CCC2=O. The Hall–Kier alpha value is -0.590. The van der Waals surface area contributed by atoms with Crippen molar-refractivity contribution in [2.24, 2.45) is 22.2 Å². The van der Waals surface area contributed by atoms with Crippen LogP contribution in [0.2, 0.25) is 0 Å². The molecule has 70 valence electrons. The number of ketones is 1. The van der Waals surface area contributed by atoms with E-state index in [0.717, 1.165) is 12.8 Å². The molecule has 1 nitrogen and oxygen atoms in total. The number of rotatable bonds is 0. The molecule has 0 amide bonds. The van der Waals surface area contributed by atoms with E-state index in [9.17, 15) is 4.79 Å². The zero-order valence-corrected chi connectivity index (χ0v) is 8.55. The Labute approximate surface area is 79.2 Å². The highest BCUT2D eigenvalue weighted by molar-refractivity contribution is 5.92. The highest BCUT2D eigenvalue weighted by Gasteiger charge is 2.81. The molecule has 0 saturated heterocycles. The molecule has 3 aliphatic carbocycles. The van der Waals surface area contributed by atoms with E-state index in [1.807, 2.05) is 0 Å². The number of allylic oxidation sites excluding steroid dienone is 2. The lowest BCUT2D eigenvalue weighted by Crippen LogP contribution is -2.29. The van der Waals surface area contributed by atoms with Gasteiger partial charge in [0.15, 0.2) is 0 Å². The molecular formula is C12H16O. The zero-order valence-electron chi connectivity index (χ0n) is 8.55. The summed E-state index contributed by atoms with van der Waals surface area (Å²) in [6.07, 6.45) is 6.39. The molecule has 1 spiro atoms. The summed E-state index contributed by atoms with van der Waals surface area (Å²) in [7, 11) is 0. The summed E-state index contributed by atoms with van der Waals surface area (Å²) >= 11 is 0. The quantitative estimate of drug-likeness (QED) is 0.518. The van der Waals surface area contributed by atoms with E-state index in [2.05, 4.69) is 32.9 Å². The van der Waals surface area contributed by atoms with E-state index in [0.29, 0.717) is 22.5 Å². The van der Waals surface area contributed by atoms with Gasteiger partial charge >= 0.3 is 0 Å². The van der Waals surface area contributed by atoms with Crippen molar-refractivity contribution >= 4 is 5.78 Å². The monoisotopic (exact) mass is 176 g/mol. The molecule has 3 atom stereocenters. The van der Waals surface area contributed by atoms with Gasteiger partial charge in [0.05, 0.1) is 5.41 Å². The third kappa shape index (κ3) is 0.490. The summed E-state index contributed by atoms with van der Waals surface area (Å²) < 4.78 is 0. The van der Waals surface area contributed by atoms with Crippen LogP contribution >= 0.6 is 0 Å². The average Bonchev–Trinajstić information content (AvgIpc) is 2.37. The van der Waals surface area contributed by atoms with Crippen LogP contribution in [0.25, 0.3) is 0 Å². The Morgan fingerprint density at radius 3 is 2.62 bits per heavy atom. The highest BCUT2D eigenvalue weighted by Crippen LogP contribution is 2.84. The van der Waals surface area contributed by atoms with Crippen molar-refractivity contribution in [1.82, 2.24) is 0 Å². The molecule has 1 heteroatoms. The van der Waals surface area contributed by atoms with Crippen LogP contribution in [0, 0.1) is 22.2 Å². The molecule has 0 aromatic carbocycles. The van der Waals surface area contributed by atoms with Gasteiger partial charge in [-0.25, -0.2) is 0 Å². The summed E-state index contributed by atoms with van der Waals surface area (Å²) in [4.78, 5) is 11.8. The first kappa shape index (κ1) is 7.78. The topological polar surface area (TPSA) is 17.1 Å². The van der Waals surface area contributed by atoms with Crippen molar-refractivity contribution in [3.05, 3.63) is 12.2 Å². The van der Waals surface area contributed by atoms with Crippen molar-refractivity contribution in [3.8, 4) is 0 Å². The number of Topliss-reactive ketones (excluding diaryl/α,β-unsaturated/α-hetero) is 1. The zero-order chi connectivity index (χ0) is 9.48. The highest BCUT2D eigenvalue weighted by atomic mass is 16.1. The lowest BCUT2D eigenvalue weighted by atomic mass is 9.73. The van der Waals surface area contributed by atoms with Gasteiger partial charge in [-0.2, -0.15) is 0 Å². The molecule has 0 heterocycles. The standard InChI is InChI=1S/C12H16O/c1-10(2)8-4-6-11(3)9(13)5-7-12(8,10)11/h4,6,8H,5,7H2,1-3H3. The fourth-order valence-corrected chi connectivity index (χ4v) is 4.38. The van der Waals surface area contributed by atoms with E-state index >= 15 is 0 Å². The molecule has 0 aliphatic heterocycles. The van der Waals surface area contributed by atoms with Crippen LogP contribution in [0.1, 0.15) is 33.6 Å². The predicted octanol–water partition coefficient (Wildman–Crippen LogP) is 2.57. The third-order valence-electron chi connectivity index (χ3n) is 5.25. The normalized spacial score (nSPS) is 55.0. The van der Waals surface area contributed by atoms with E-state index < -0.39 is 0 Å². The molecule has 0 aromatic rings. The Balaban J connectivity index is 2.19. The first-order valence-electron chi connectivity index (χ1n) is 5.19. The second-order valence-electron chi connectivity index (χ2n) is 5.66. The van der Waals surface area contributed by atoms with Crippen molar-refractivity contribution < 1.29 is 4.79 Å². The molecule has 2 fully saturated rings. The third-order valence-corrected chi connectivity index (χ3v) is 5.25. The van der Waals surface area contributed by atoms with Gasteiger partial charge in [-0.1, -0.05) is 26.0 Å². The van der Waals surface area contributed by atoms with Crippen LogP contribution in [-0.4, -0.2) is 5.78 Å². The summed E-state index contributed by atoms with van der Waals surface area (Å²) in [5.74, 6) is 1.15. The van der Waals surface area contributed by atoms with Gasteiger partial charge in [-0.15, -0.1) is 0 Å². The minimum absolute atomic E-state index is 0.110. The lowest BCUT2D eigenvalue weighted by Gasteiger charge is -2.28. The Morgan fingerprint density at radius 1 is 1.38 bits per heavy atom. The smallest absolute Gasteiger partial charge is 0.143 e. The van der Waals surface area contributed by atoms with Crippen molar-refractivity contribution in [1.29, 1.82) is 0 Å². The minimum atomic E-state index is -0.110.